The van der Waals surface area contributed by atoms with E-state index in [4.69, 9.17) is 5.73 Å². The number of aryl methyl sites for hydroxylation is 1. The Balaban J connectivity index is 2.01. The van der Waals surface area contributed by atoms with Crippen LogP contribution in [0.5, 0.6) is 0 Å². The average Bonchev–Trinajstić information content (AvgIpc) is 2.55. The van der Waals surface area contributed by atoms with Crippen molar-refractivity contribution >= 4 is 34.8 Å². The van der Waals surface area contributed by atoms with Crippen molar-refractivity contribution < 1.29 is 9.53 Å². The maximum atomic E-state index is 11.1. The standard InChI is InChI=1S/C18H22N2O2S/c1-13-11-15(19)7-8-16(13)20-17-6-4-3-5-14(17)12-23-10-9-18(21)22-2/h3-8,11,20H,9-10,12,19H2,1-2H3. The van der Waals surface area contributed by atoms with Gasteiger partial charge in [0.1, 0.15) is 0 Å². The molecule has 0 heterocycles. The summed E-state index contributed by atoms with van der Waals surface area (Å²) in [7, 11) is 1.42. The monoisotopic (exact) mass is 330 g/mol. The number of rotatable bonds is 7. The zero-order valence-electron chi connectivity index (χ0n) is 13.5. The molecule has 2 aromatic carbocycles. The molecule has 0 saturated carbocycles. The Morgan fingerprint density at radius 1 is 1.22 bits per heavy atom. The highest BCUT2D eigenvalue weighted by atomic mass is 32.2. The van der Waals surface area contributed by atoms with E-state index in [0.29, 0.717) is 6.42 Å². The Morgan fingerprint density at radius 3 is 2.74 bits per heavy atom. The Labute approximate surface area is 141 Å². The molecule has 0 bridgehead atoms. The maximum absolute atomic E-state index is 11.1. The lowest BCUT2D eigenvalue weighted by atomic mass is 10.1. The summed E-state index contributed by atoms with van der Waals surface area (Å²) in [5.41, 5.74) is 11.0. The summed E-state index contributed by atoms with van der Waals surface area (Å²) in [6.45, 7) is 2.03. The molecule has 0 unspecified atom stereocenters. The zero-order chi connectivity index (χ0) is 16.7. The number of nitrogens with one attached hydrogen (secondary N) is 1. The molecular formula is C18H22N2O2S. The van der Waals surface area contributed by atoms with Crippen molar-refractivity contribution in [1.29, 1.82) is 0 Å². The fourth-order valence-corrected chi connectivity index (χ4v) is 3.11. The number of thioether (sulfide) groups is 1. The summed E-state index contributed by atoms with van der Waals surface area (Å²) in [5.74, 6) is 1.43. The van der Waals surface area contributed by atoms with Crippen molar-refractivity contribution in [2.45, 2.75) is 19.1 Å². The van der Waals surface area contributed by atoms with E-state index in [2.05, 4.69) is 22.2 Å². The van der Waals surface area contributed by atoms with Crippen LogP contribution >= 0.6 is 11.8 Å². The van der Waals surface area contributed by atoms with E-state index < -0.39 is 0 Å². The number of benzene rings is 2. The molecule has 23 heavy (non-hydrogen) atoms. The van der Waals surface area contributed by atoms with Crippen LogP contribution in [0.25, 0.3) is 0 Å². The van der Waals surface area contributed by atoms with Crippen molar-refractivity contribution in [3.63, 3.8) is 0 Å². The number of hydrogen-bond donors (Lipinski definition) is 2. The Kier molecular flexibility index (Phi) is 6.35. The number of carbonyl (C=O) groups is 1. The van der Waals surface area contributed by atoms with E-state index in [0.717, 1.165) is 34.1 Å². The molecule has 0 radical (unpaired) electrons. The number of nitrogens with two attached hydrogens (primary N) is 1. The minimum atomic E-state index is -0.165. The van der Waals surface area contributed by atoms with E-state index >= 15 is 0 Å². The van der Waals surface area contributed by atoms with Crippen molar-refractivity contribution in [3.05, 3.63) is 53.6 Å². The molecule has 0 aromatic heterocycles. The zero-order valence-corrected chi connectivity index (χ0v) is 14.3. The summed E-state index contributed by atoms with van der Waals surface area (Å²) in [4.78, 5) is 11.1. The average molecular weight is 330 g/mol. The highest BCUT2D eigenvalue weighted by Gasteiger charge is 2.06. The van der Waals surface area contributed by atoms with Crippen LogP contribution in [0.3, 0.4) is 0 Å². The summed E-state index contributed by atoms with van der Waals surface area (Å²) in [6.07, 6.45) is 0.438. The predicted molar refractivity (Wildman–Crippen MR) is 98.1 cm³/mol. The number of hydrogen-bond acceptors (Lipinski definition) is 5. The van der Waals surface area contributed by atoms with Gasteiger partial charge in [-0.3, -0.25) is 4.79 Å². The smallest absolute Gasteiger partial charge is 0.306 e. The summed E-state index contributed by atoms with van der Waals surface area (Å²) >= 11 is 1.72. The van der Waals surface area contributed by atoms with E-state index in [-0.39, 0.29) is 5.97 Å². The maximum Gasteiger partial charge on any atom is 0.306 e. The Hall–Kier alpha value is -2.14. The van der Waals surface area contributed by atoms with Gasteiger partial charge in [-0.05, 0) is 42.3 Å². The summed E-state index contributed by atoms with van der Waals surface area (Å²) in [5, 5.41) is 3.47. The van der Waals surface area contributed by atoms with E-state index in [1.807, 2.05) is 37.3 Å². The minimum Gasteiger partial charge on any atom is -0.469 e. The number of para-hydroxylation sites is 1. The lowest BCUT2D eigenvalue weighted by Gasteiger charge is -2.14. The van der Waals surface area contributed by atoms with Gasteiger partial charge in [-0.15, -0.1) is 0 Å². The van der Waals surface area contributed by atoms with E-state index in [9.17, 15) is 4.79 Å². The SMILES string of the molecule is COC(=O)CCSCc1ccccc1Nc1ccc(N)cc1C. The Bertz CT molecular complexity index is 674. The highest BCUT2D eigenvalue weighted by molar-refractivity contribution is 7.98. The van der Waals surface area contributed by atoms with E-state index in [1.54, 1.807) is 11.8 Å². The molecular weight excluding hydrogens is 308 g/mol. The molecule has 2 rings (SSSR count). The first-order valence-electron chi connectivity index (χ1n) is 7.46. The molecule has 122 valence electrons. The van der Waals surface area contributed by atoms with Crippen LogP contribution in [-0.2, 0) is 15.3 Å². The topological polar surface area (TPSA) is 64.3 Å². The second kappa shape index (κ2) is 8.48. The normalized spacial score (nSPS) is 10.3. The third-order valence-corrected chi connectivity index (χ3v) is 4.48. The van der Waals surface area contributed by atoms with Crippen LogP contribution in [0.2, 0.25) is 0 Å². The van der Waals surface area contributed by atoms with E-state index in [1.165, 1.54) is 12.7 Å². The second-order valence-corrected chi connectivity index (χ2v) is 6.34. The quantitative estimate of drug-likeness (QED) is 0.454. The van der Waals surface area contributed by atoms with Crippen molar-refractivity contribution in [3.8, 4) is 0 Å². The molecule has 4 nitrogen and oxygen atoms in total. The van der Waals surface area contributed by atoms with Crippen molar-refractivity contribution in [1.82, 2.24) is 0 Å². The molecule has 2 aromatic rings. The predicted octanol–water partition coefficient (Wildman–Crippen LogP) is 4.12. The number of anilines is 3. The van der Waals surface area contributed by atoms with Gasteiger partial charge < -0.3 is 15.8 Å². The molecule has 0 spiro atoms. The number of methoxy groups -OCH3 is 1. The largest absolute Gasteiger partial charge is 0.469 e. The van der Waals surface area contributed by atoms with Crippen LogP contribution in [0.1, 0.15) is 17.5 Å². The van der Waals surface area contributed by atoms with Crippen molar-refractivity contribution in [2.75, 3.05) is 23.9 Å². The number of nitrogen functional groups attached to an aromatic ring is 1. The molecule has 0 saturated heterocycles. The first kappa shape index (κ1) is 17.2. The van der Waals surface area contributed by atoms with Gasteiger partial charge in [-0.25, -0.2) is 0 Å². The first-order valence-corrected chi connectivity index (χ1v) is 8.61. The van der Waals surface area contributed by atoms with Gasteiger partial charge >= 0.3 is 5.97 Å². The fourth-order valence-electron chi connectivity index (χ4n) is 2.18. The third kappa shape index (κ3) is 5.21. The fraction of sp³-hybridized carbons (Fsp3) is 0.278. The lowest BCUT2D eigenvalue weighted by molar-refractivity contribution is -0.140. The van der Waals surface area contributed by atoms with Gasteiger partial charge in [0.05, 0.1) is 13.5 Å². The van der Waals surface area contributed by atoms with Crippen LogP contribution in [0, 0.1) is 6.92 Å². The van der Waals surface area contributed by atoms with Gasteiger partial charge in [-0.2, -0.15) is 11.8 Å². The number of carbonyl (C=O) groups excluding carboxylic acids is 1. The van der Waals surface area contributed by atoms with Crippen LogP contribution in [0.15, 0.2) is 42.5 Å². The summed E-state index contributed by atoms with van der Waals surface area (Å²) < 4.78 is 4.65. The molecule has 0 atom stereocenters. The molecule has 3 N–H and O–H groups in total. The van der Waals surface area contributed by atoms with Gasteiger partial charge in [0.2, 0.25) is 0 Å². The van der Waals surface area contributed by atoms with Gasteiger partial charge in [0.25, 0.3) is 0 Å². The first-order chi connectivity index (χ1) is 11.1. The minimum absolute atomic E-state index is 0.165. The third-order valence-electron chi connectivity index (χ3n) is 3.47. The molecule has 5 heteroatoms. The second-order valence-electron chi connectivity index (χ2n) is 5.24. The van der Waals surface area contributed by atoms with Crippen molar-refractivity contribution in [2.24, 2.45) is 0 Å². The molecule has 0 aliphatic heterocycles. The number of ether oxygens (including phenoxy) is 1. The van der Waals surface area contributed by atoms with Crippen LogP contribution in [-0.4, -0.2) is 18.8 Å². The number of esters is 1. The molecule has 0 fully saturated rings. The Morgan fingerprint density at radius 2 is 2.00 bits per heavy atom. The summed E-state index contributed by atoms with van der Waals surface area (Å²) in [6, 6.07) is 14.0. The van der Waals surface area contributed by atoms with Gasteiger partial charge in [-0.1, -0.05) is 18.2 Å². The highest BCUT2D eigenvalue weighted by Crippen LogP contribution is 2.27. The van der Waals surface area contributed by atoms with Gasteiger partial charge in [0, 0.05) is 28.6 Å². The molecule has 0 aliphatic carbocycles. The van der Waals surface area contributed by atoms with Crippen LogP contribution < -0.4 is 11.1 Å². The molecule has 0 amide bonds. The molecule has 0 aliphatic rings. The van der Waals surface area contributed by atoms with Crippen LogP contribution in [0.4, 0.5) is 17.1 Å². The lowest BCUT2D eigenvalue weighted by Crippen LogP contribution is -2.02. The van der Waals surface area contributed by atoms with Gasteiger partial charge in [0.15, 0.2) is 0 Å².